The zero-order valence-corrected chi connectivity index (χ0v) is 19.3. The molecule has 2 aliphatic heterocycles. The molecule has 4 heterocycles. The Bertz CT molecular complexity index is 1280. The van der Waals surface area contributed by atoms with Crippen molar-refractivity contribution in [2.24, 2.45) is 0 Å². The SMILES string of the molecule is Nc1ncnc2c1c(-c1ccc(CN3CCSc4ccccc43)cc1)nn2[C@@H]1CCCNC1. The van der Waals surface area contributed by atoms with Crippen LogP contribution in [-0.4, -0.2) is 45.1 Å². The van der Waals surface area contributed by atoms with Crippen LogP contribution in [0.15, 0.2) is 59.8 Å². The van der Waals surface area contributed by atoms with Crippen molar-refractivity contribution >= 4 is 34.3 Å². The number of piperidine rings is 1. The molecule has 0 amide bonds. The first kappa shape index (κ1) is 20.5. The summed E-state index contributed by atoms with van der Waals surface area (Å²) in [6, 6.07) is 17.7. The molecule has 2 aliphatic rings. The van der Waals surface area contributed by atoms with E-state index in [0.29, 0.717) is 5.82 Å². The number of fused-ring (bicyclic) bond motifs is 2. The van der Waals surface area contributed by atoms with Gasteiger partial charge in [-0.25, -0.2) is 14.6 Å². The minimum absolute atomic E-state index is 0.278. The molecule has 1 fully saturated rings. The standard InChI is InChI=1S/C25H27N7S/c26-24-22-23(30-32(25(22)29-16-28-24)19-4-3-11-27-14-19)18-9-7-17(8-10-18)15-31-12-13-33-21-6-2-1-5-20(21)31/h1-2,5-10,16,19,27H,3-4,11-15H2,(H2,26,28,29)/t19-/m1/s1. The highest BCUT2D eigenvalue weighted by Crippen LogP contribution is 2.36. The third-order valence-electron chi connectivity index (χ3n) is 6.56. The van der Waals surface area contributed by atoms with E-state index in [1.807, 2.05) is 16.4 Å². The van der Waals surface area contributed by atoms with Crippen molar-refractivity contribution in [3.8, 4) is 11.3 Å². The molecular formula is C25H27N7S. The Morgan fingerprint density at radius 3 is 2.82 bits per heavy atom. The normalized spacial score (nSPS) is 18.4. The number of benzene rings is 2. The summed E-state index contributed by atoms with van der Waals surface area (Å²) < 4.78 is 2.05. The summed E-state index contributed by atoms with van der Waals surface area (Å²) in [7, 11) is 0. The van der Waals surface area contributed by atoms with Gasteiger partial charge in [-0.1, -0.05) is 36.4 Å². The van der Waals surface area contributed by atoms with Crippen LogP contribution in [0, 0.1) is 0 Å². The van der Waals surface area contributed by atoms with Crippen LogP contribution in [0.4, 0.5) is 11.5 Å². The Morgan fingerprint density at radius 1 is 1.09 bits per heavy atom. The number of rotatable bonds is 4. The average Bonchev–Trinajstić information content (AvgIpc) is 3.26. The van der Waals surface area contributed by atoms with Gasteiger partial charge in [-0.3, -0.25) is 0 Å². The second kappa shape index (κ2) is 8.68. The predicted octanol–water partition coefficient (Wildman–Crippen LogP) is 4.11. The van der Waals surface area contributed by atoms with Crippen LogP contribution >= 0.6 is 11.8 Å². The molecule has 1 atom stereocenters. The van der Waals surface area contributed by atoms with Gasteiger partial charge in [-0.05, 0) is 37.1 Å². The molecule has 8 heteroatoms. The summed E-state index contributed by atoms with van der Waals surface area (Å²) in [6.45, 7) is 3.91. The van der Waals surface area contributed by atoms with E-state index in [4.69, 9.17) is 10.8 Å². The molecule has 2 aromatic heterocycles. The van der Waals surface area contributed by atoms with E-state index in [1.54, 1.807) is 0 Å². The highest BCUT2D eigenvalue weighted by molar-refractivity contribution is 7.99. The first-order valence-electron chi connectivity index (χ1n) is 11.5. The van der Waals surface area contributed by atoms with Gasteiger partial charge in [-0.15, -0.1) is 11.8 Å². The number of nitrogen functional groups attached to an aromatic ring is 1. The number of anilines is 2. The van der Waals surface area contributed by atoms with Crippen LogP contribution < -0.4 is 16.0 Å². The molecule has 3 N–H and O–H groups in total. The van der Waals surface area contributed by atoms with Crippen LogP contribution in [-0.2, 0) is 6.54 Å². The van der Waals surface area contributed by atoms with Crippen LogP contribution in [0.25, 0.3) is 22.3 Å². The van der Waals surface area contributed by atoms with E-state index in [-0.39, 0.29) is 6.04 Å². The number of nitrogens with two attached hydrogens (primary N) is 1. The van der Waals surface area contributed by atoms with Crippen LogP contribution in [0.1, 0.15) is 24.4 Å². The maximum absolute atomic E-state index is 6.31. The molecule has 2 aromatic carbocycles. The monoisotopic (exact) mass is 457 g/mol. The van der Waals surface area contributed by atoms with Gasteiger partial charge in [0.05, 0.1) is 17.1 Å². The number of thioether (sulfide) groups is 1. The molecule has 4 aromatic rings. The minimum Gasteiger partial charge on any atom is -0.383 e. The molecule has 33 heavy (non-hydrogen) atoms. The van der Waals surface area contributed by atoms with E-state index in [2.05, 4.69) is 68.7 Å². The fourth-order valence-electron chi connectivity index (χ4n) is 4.87. The summed E-state index contributed by atoms with van der Waals surface area (Å²) in [5, 5.41) is 9.32. The Kier molecular flexibility index (Phi) is 5.39. The predicted molar refractivity (Wildman–Crippen MR) is 135 cm³/mol. The lowest BCUT2D eigenvalue weighted by Gasteiger charge is -2.30. The molecule has 1 saturated heterocycles. The van der Waals surface area contributed by atoms with Gasteiger partial charge < -0.3 is 16.0 Å². The second-order valence-corrected chi connectivity index (χ2v) is 9.82. The molecule has 0 saturated carbocycles. The van der Waals surface area contributed by atoms with Gasteiger partial charge >= 0.3 is 0 Å². The van der Waals surface area contributed by atoms with E-state index in [9.17, 15) is 0 Å². The van der Waals surface area contributed by atoms with Gasteiger partial charge in [0.25, 0.3) is 0 Å². The number of aromatic nitrogens is 4. The van der Waals surface area contributed by atoms with Gasteiger partial charge in [0.15, 0.2) is 5.65 Å². The van der Waals surface area contributed by atoms with Crippen molar-refractivity contribution < 1.29 is 0 Å². The lowest BCUT2D eigenvalue weighted by Crippen LogP contribution is -2.32. The van der Waals surface area contributed by atoms with Crippen molar-refractivity contribution in [2.45, 2.75) is 30.3 Å². The maximum Gasteiger partial charge on any atom is 0.164 e. The van der Waals surface area contributed by atoms with Crippen molar-refractivity contribution in [2.75, 3.05) is 36.0 Å². The largest absolute Gasteiger partial charge is 0.383 e. The summed E-state index contributed by atoms with van der Waals surface area (Å²) in [5.41, 5.74) is 11.6. The van der Waals surface area contributed by atoms with Crippen molar-refractivity contribution in [1.82, 2.24) is 25.1 Å². The summed E-state index contributed by atoms with van der Waals surface area (Å²) in [4.78, 5) is 12.6. The summed E-state index contributed by atoms with van der Waals surface area (Å²) in [6.07, 6.45) is 3.75. The molecule has 0 unspecified atom stereocenters. The zero-order valence-electron chi connectivity index (χ0n) is 18.4. The first-order chi connectivity index (χ1) is 16.3. The van der Waals surface area contributed by atoms with Crippen molar-refractivity contribution in [3.05, 3.63) is 60.4 Å². The average molecular weight is 458 g/mol. The van der Waals surface area contributed by atoms with Crippen LogP contribution in [0.3, 0.4) is 0 Å². The van der Waals surface area contributed by atoms with Gasteiger partial charge in [0.1, 0.15) is 17.8 Å². The first-order valence-corrected chi connectivity index (χ1v) is 12.5. The number of nitrogens with zero attached hydrogens (tertiary/aromatic N) is 5. The molecule has 0 bridgehead atoms. The lowest BCUT2D eigenvalue weighted by atomic mass is 10.1. The Labute approximate surface area is 197 Å². The summed E-state index contributed by atoms with van der Waals surface area (Å²) >= 11 is 1.94. The zero-order chi connectivity index (χ0) is 22.2. The lowest BCUT2D eigenvalue weighted by molar-refractivity contribution is 0.354. The van der Waals surface area contributed by atoms with Gasteiger partial charge in [0.2, 0.25) is 0 Å². The van der Waals surface area contributed by atoms with Crippen molar-refractivity contribution in [1.29, 1.82) is 0 Å². The molecule has 0 spiro atoms. The molecule has 6 rings (SSSR count). The van der Waals surface area contributed by atoms with Gasteiger partial charge in [0, 0.05) is 35.8 Å². The molecule has 0 aliphatic carbocycles. The topological polar surface area (TPSA) is 84.9 Å². The smallest absolute Gasteiger partial charge is 0.164 e. The molecule has 0 radical (unpaired) electrons. The number of hydrogen-bond acceptors (Lipinski definition) is 7. The van der Waals surface area contributed by atoms with Crippen LogP contribution in [0.2, 0.25) is 0 Å². The fourth-order valence-corrected chi connectivity index (χ4v) is 5.93. The second-order valence-electron chi connectivity index (χ2n) is 8.69. The molecular weight excluding hydrogens is 430 g/mol. The number of para-hydroxylation sites is 1. The van der Waals surface area contributed by atoms with E-state index in [1.165, 1.54) is 22.5 Å². The van der Waals surface area contributed by atoms with Gasteiger partial charge in [-0.2, -0.15) is 5.10 Å². The maximum atomic E-state index is 6.31. The highest BCUT2D eigenvalue weighted by atomic mass is 32.2. The quantitative estimate of drug-likeness (QED) is 0.477. The minimum atomic E-state index is 0.278. The highest BCUT2D eigenvalue weighted by Gasteiger charge is 2.23. The van der Waals surface area contributed by atoms with E-state index >= 15 is 0 Å². The Hall–Kier alpha value is -3.10. The van der Waals surface area contributed by atoms with Crippen molar-refractivity contribution in [3.63, 3.8) is 0 Å². The molecule has 7 nitrogen and oxygen atoms in total. The number of nitrogens with one attached hydrogen (secondary N) is 1. The Morgan fingerprint density at radius 2 is 1.97 bits per heavy atom. The Balaban J connectivity index is 1.32. The fraction of sp³-hybridized carbons (Fsp3) is 0.320. The number of hydrogen-bond donors (Lipinski definition) is 2. The van der Waals surface area contributed by atoms with E-state index in [0.717, 1.165) is 67.1 Å². The molecule has 168 valence electrons. The van der Waals surface area contributed by atoms with Crippen LogP contribution in [0.5, 0.6) is 0 Å². The summed E-state index contributed by atoms with van der Waals surface area (Å²) in [5.74, 6) is 1.60. The third kappa shape index (κ3) is 3.83. The van der Waals surface area contributed by atoms with E-state index < -0.39 is 0 Å². The third-order valence-corrected chi connectivity index (χ3v) is 7.60.